The van der Waals surface area contributed by atoms with E-state index in [0.29, 0.717) is 49.8 Å². The van der Waals surface area contributed by atoms with E-state index in [1.807, 2.05) is 41.3 Å². The maximum atomic E-state index is 13.6. The summed E-state index contributed by atoms with van der Waals surface area (Å²) in [6.45, 7) is 3.69. The number of carbonyl (C=O) groups excluding carboxylic acids is 2. The van der Waals surface area contributed by atoms with Gasteiger partial charge in [0.2, 0.25) is 12.7 Å². The van der Waals surface area contributed by atoms with Gasteiger partial charge in [-0.15, -0.1) is 10.2 Å². The molecule has 0 radical (unpaired) electrons. The first kappa shape index (κ1) is 27.8. The number of methoxy groups -OCH3 is 1. The lowest BCUT2D eigenvalue weighted by atomic mass is 10.1. The van der Waals surface area contributed by atoms with Crippen LogP contribution in [0.5, 0.6) is 17.2 Å². The molecule has 0 saturated carbocycles. The van der Waals surface area contributed by atoms with E-state index in [1.165, 1.54) is 0 Å². The van der Waals surface area contributed by atoms with Crippen LogP contribution in [0, 0.1) is 0 Å². The molecule has 1 atom stereocenters. The van der Waals surface area contributed by atoms with Crippen LogP contribution in [0.3, 0.4) is 0 Å². The highest BCUT2D eigenvalue weighted by molar-refractivity contribution is 5.97. The Morgan fingerprint density at radius 1 is 0.976 bits per heavy atom. The zero-order valence-electron chi connectivity index (χ0n) is 23.7. The molecule has 3 aliphatic heterocycles. The van der Waals surface area contributed by atoms with Gasteiger partial charge in [0.1, 0.15) is 12.3 Å². The Kier molecular flexibility index (Phi) is 8.36. The van der Waals surface area contributed by atoms with Crippen LogP contribution in [0.15, 0.2) is 54.6 Å². The molecule has 11 heteroatoms. The number of hydrogen-bond donors (Lipinski definition) is 0. The third-order valence-corrected chi connectivity index (χ3v) is 7.87. The van der Waals surface area contributed by atoms with Crippen molar-refractivity contribution in [2.75, 3.05) is 64.7 Å². The first-order valence-corrected chi connectivity index (χ1v) is 14.4. The van der Waals surface area contributed by atoms with E-state index >= 15 is 0 Å². The molecule has 3 aromatic rings. The van der Waals surface area contributed by atoms with E-state index in [0.717, 1.165) is 48.6 Å². The molecule has 220 valence electrons. The van der Waals surface area contributed by atoms with Gasteiger partial charge >= 0.3 is 0 Å². The summed E-state index contributed by atoms with van der Waals surface area (Å²) >= 11 is 0. The molecular formula is C31H35N5O6. The van der Waals surface area contributed by atoms with Crippen molar-refractivity contribution < 1.29 is 28.5 Å². The summed E-state index contributed by atoms with van der Waals surface area (Å²) in [6, 6.07) is 16.8. The fourth-order valence-electron chi connectivity index (χ4n) is 5.56. The Morgan fingerprint density at radius 3 is 2.69 bits per heavy atom. The van der Waals surface area contributed by atoms with Crippen molar-refractivity contribution in [1.82, 2.24) is 20.0 Å². The number of nitrogens with zero attached hydrogens (tertiary/aromatic N) is 5. The fraction of sp³-hybridized carbons (Fsp3) is 0.419. The van der Waals surface area contributed by atoms with Gasteiger partial charge < -0.3 is 33.6 Å². The summed E-state index contributed by atoms with van der Waals surface area (Å²) < 4.78 is 22.0. The van der Waals surface area contributed by atoms with Crippen LogP contribution in [-0.4, -0.2) is 97.7 Å². The van der Waals surface area contributed by atoms with Crippen molar-refractivity contribution in [3.05, 3.63) is 60.2 Å². The van der Waals surface area contributed by atoms with Crippen LogP contribution in [-0.2, 0) is 9.53 Å². The van der Waals surface area contributed by atoms with Crippen LogP contribution >= 0.6 is 0 Å². The number of hydrogen-bond acceptors (Lipinski definition) is 9. The molecule has 4 heterocycles. The number of benzene rings is 2. The average Bonchev–Trinajstić information content (AvgIpc) is 3.66. The van der Waals surface area contributed by atoms with Gasteiger partial charge in [-0.3, -0.25) is 9.59 Å². The number of rotatable bonds is 8. The summed E-state index contributed by atoms with van der Waals surface area (Å²) in [5.41, 5.74) is 2.16. The van der Waals surface area contributed by atoms with E-state index in [4.69, 9.17) is 18.9 Å². The van der Waals surface area contributed by atoms with Gasteiger partial charge in [0.25, 0.3) is 5.91 Å². The second-order valence-corrected chi connectivity index (χ2v) is 10.6. The zero-order chi connectivity index (χ0) is 28.9. The minimum Gasteiger partial charge on any atom is -0.497 e. The lowest BCUT2D eigenvalue weighted by Gasteiger charge is -2.28. The third kappa shape index (κ3) is 6.25. The number of carbonyl (C=O) groups is 2. The zero-order valence-corrected chi connectivity index (χ0v) is 23.7. The topological polar surface area (TPSA) is 107 Å². The van der Waals surface area contributed by atoms with Crippen molar-refractivity contribution in [2.45, 2.75) is 25.4 Å². The molecule has 2 fully saturated rings. The number of amides is 2. The number of anilines is 1. The molecule has 42 heavy (non-hydrogen) atoms. The normalized spacial score (nSPS) is 18.1. The van der Waals surface area contributed by atoms with Crippen LogP contribution in [0.2, 0.25) is 0 Å². The Hall–Kier alpha value is -4.38. The monoisotopic (exact) mass is 573 g/mol. The van der Waals surface area contributed by atoms with E-state index < -0.39 is 0 Å². The van der Waals surface area contributed by atoms with Crippen LogP contribution in [0.4, 0.5) is 5.82 Å². The second kappa shape index (κ2) is 12.6. The van der Waals surface area contributed by atoms with Gasteiger partial charge in [0.05, 0.1) is 18.9 Å². The molecule has 0 bridgehead atoms. The van der Waals surface area contributed by atoms with Crippen LogP contribution in [0.1, 0.15) is 29.6 Å². The molecule has 1 aromatic heterocycles. The highest BCUT2D eigenvalue weighted by Crippen LogP contribution is 2.33. The summed E-state index contributed by atoms with van der Waals surface area (Å²) in [5, 5.41) is 8.92. The lowest BCUT2D eigenvalue weighted by molar-refractivity contribution is -0.132. The van der Waals surface area contributed by atoms with Crippen molar-refractivity contribution >= 4 is 17.6 Å². The lowest BCUT2D eigenvalue weighted by Crippen LogP contribution is -2.46. The quantitative estimate of drug-likeness (QED) is 0.402. The Labute approximate surface area is 244 Å². The van der Waals surface area contributed by atoms with Crippen LogP contribution < -0.4 is 19.1 Å². The van der Waals surface area contributed by atoms with Gasteiger partial charge in [-0.05, 0) is 61.7 Å². The molecule has 0 N–H and O–H groups in total. The largest absolute Gasteiger partial charge is 0.497 e. The Morgan fingerprint density at radius 2 is 1.88 bits per heavy atom. The Balaban J connectivity index is 1.10. The second-order valence-electron chi connectivity index (χ2n) is 10.6. The standard InChI is InChI=1S/C31H35N5O6/c1-39-24-6-2-5-22(17-24)26-9-11-29(33-32-26)34-12-4-13-35(15-14-34)30(37)20-36(19-25-7-3-16-40-25)31(38)23-8-10-27-28(18-23)42-21-41-27/h2,5-6,8-11,17-18,25H,3-4,7,12-16,19-21H2,1H3/t25-/m0/s1. The summed E-state index contributed by atoms with van der Waals surface area (Å²) in [5.74, 6) is 2.39. The molecule has 0 unspecified atom stereocenters. The van der Waals surface area contributed by atoms with Crippen molar-refractivity contribution in [3.8, 4) is 28.5 Å². The molecule has 3 aliphatic rings. The molecule has 0 spiro atoms. The van der Waals surface area contributed by atoms with Gasteiger partial charge in [-0.25, -0.2) is 0 Å². The first-order chi connectivity index (χ1) is 20.6. The molecule has 2 aromatic carbocycles. The molecule has 2 saturated heterocycles. The van der Waals surface area contributed by atoms with Crippen molar-refractivity contribution in [2.24, 2.45) is 0 Å². The SMILES string of the molecule is COc1cccc(-c2ccc(N3CCCN(C(=O)CN(C[C@@H]4CCCO4)C(=O)c4ccc5c(c4)OCO5)CC3)nn2)c1. The Bertz CT molecular complexity index is 1410. The maximum absolute atomic E-state index is 13.6. The molecular weight excluding hydrogens is 538 g/mol. The van der Waals surface area contributed by atoms with E-state index in [1.54, 1.807) is 30.2 Å². The number of aromatic nitrogens is 2. The minimum absolute atomic E-state index is 0.0117. The first-order valence-electron chi connectivity index (χ1n) is 14.4. The molecule has 6 rings (SSSR count). The van der Waals surface area contributed by atoms with E-state index in [-0.39, 0.29) is 31.3 Å². The number of ether oxygens (including phenoxy) is 4. The van der Waals surface area contributed by atoms with E-state index in [2.05, 4.69) is 15.1 Å². The van der Waals surface area contributed by atoms with Crippen LogP contribution in [0.25, 0.3) is 11.3 Å². The molecule has 11 nitrogen and oxygen atoms in total. The van der Waals surface area contributed by atoms with Gasteiger partial charge in [-0.1, -0.05) is 12.1 Å². The summed E-state index contributed by atoms with van der Waals surface area (Å²) in [7, 11) is 1.64. The number of fused-ring (bicyclic) bond motifs is 1. The van der Waals surface area contributed by atoms with Gasteiger partial charge in [-0.2, -0.15) is 0 Å². The molecule has 0 aliphatic carbocycles. The predicted molar refractivity (Wildman–Crippen MR) is 155 cm³/mol. The highest BCUT2D eigenvalue weighted by atomic mass is 16.7. The third-order valence-electron chi connectivity index (χ3n) is 7.87. The van der Waals surface area contributed by atoms with Gasteiger partial charge in [0, 0.05) is 50.5 Å². The summed E-state index contributed by atoms with van der Waals surface area (Å²) in [4.78, 5) is 32.7. The summed E-state index contributed by atoms with van der Waals surface area (Å²) in [6.07, 6.45) is 2.53. The van der Waals surface area contributed by atoms with Gasteiger partial charge in [0.15, 0.2) is 17.3 Å². The predicted octanol–water partition coefficient (Wildman–Crippen LogP) is 3.24. The highest BCUT2D eigenvalue weighted by Gasteiger charge is 2.29. The fourth-order valence-corrected chi connectivity index (χ4v) is 5.56. The maximum Gasteiger partial charge on any atom is 0.254 e. The molecule has 2 amide bonds. The van der Waals surface area contributed by atoms with Crippen molar-refractivity contribution in [1.29, 1.82) is 0 Å². The van der Waals surface area contributed by atoms with E-state index in [9.17, 15) is 9.59 Å². The van der Waals surface area contributed by atoms with Crippen molar-refractivity contribution in [3.63, 3.8) is 0 Å². The smallest absolute Gasteiger partial charge is 0.254 e. The minimum atomic E-state index is -0.222. The average molecular weight is 574 g/mol.